The van der Waals surface area contributed by atoms with Gasteiger partial charge in [-0.05, 0) is 42.6 Å². The molecular formula is C20H23N3O2. The number of aromatic amines is 1. The number of carbonyl (C=O) groups excluding carboxylic acids is 1. The number of nitrogens with zero attached hydrogens (tertiary/aromatic N) is 1. The van der Waals surface area contributed by atoms with Crippen molar-refractivity contribution >= 4 is 16.8 Å². The summed E-state index contributed by atoms with van der Waals surface area (Å²) >= 11 is 0. The molecule has 5 nitrogen and oxygen atoms in total. The van der Waals surface area contributed by atoms with E-state index in [1.807, 2.05) is 36.5 Å². The van der Waals surface area contributed by atoms with Crippen LogP contribution in [0.5, 0.6) is 0 Å². The summed E-state index contributed by atoms with van der Waals surface area (Å²) in [5.74, 6) is 1.61. The zero-order valence-electron chi connectivity index (χ0n) is 14.2. The number of benzene rings is 1. The van der Waals surface area contributed by atoms with E-state index in [0.29, 0.717) is 12.3 Å². The molecule has 1 fully saturated rings. The predicted octanol–water partition coefficient (Wildman–Crippen LogP) is 2.94. The molecule has 1 aliphatic rings. The van der Waals surface area contributed by atoms with Gasteiger partial charge in [0.15, 0.2) is 0 Å². The topological polar surface area (TPSA) is 61.3 Å². The number of carbonyl (C=O) groups is 1. The van der Waals surface area contributed by atoms with Crippen LogP contribution in [0, 0.1) is 5.92 Å². The number of hydrogen-bond donors (Lipinski definition) is 2. The van der Waals surface area contributed by atoms with Crippen LogP contribution in [0.1, 0.15) is 17.7 Å². The van der Waals surface area contributed by atoms with E-state index in [9.17, 15) is 4.79 Å². The van der Waals surface area contributed by atoms with Gasteiger partial charge in [-0.15, -0.1) is 0 Å². The van der Waals surface area contributed by atoms with Crippen molar-refractivity contribution in [3.63, 3.8) is 0 Å². The molecule has 1 atom stereocenters. The minimum atomic E-state index is 0.0919. The lowest BCUT2D eigenvalue weighted by Crippen LogP contribution is -2.31. The van der Waals surface area contributed by atoms with Crippen molar-refractivity contribution in [1.29, 1.82) is 0 Å². The third-order valence-electron chi connectivity index (χ3n) is 4.94. The molecule has 0 unspecified atom stereocenters. The van der Waals surface area contributed by atoms with Crippen molar-refractivity contribution < 1.29 is 9.21 Å². The molecule has 5 heteroatoms. The fourth-order valence-corrected chi connectivity index (χ4v) is 3.62. The van der Waals surface area contributed by atoms with Gasteiger partial charge in [0, 0.05) is 30.2 Å². The Morgan fingerprint density at radius 1 is 1.28 bits per heavy atom. The summed E-state index contributed by atoms with van der Waals surface area (Å²) in [4.78, 5) is 17.9. The van der Waals surface area contributed by atoms with E-state index in [0.717, 1.165) is 54.8 Å². The van der Waals surface area contributed by atoms with Gasteiger partial charge >= 0.3 is 0 Å². The minimum absolute atomic E-state index is 0.0919. The Labute approximate surface area is 147 Å². The number of H-pyrrole nitrogens is 1. The molecule has 0 saturated carbocycles. The van der Waals surface area contributed by atoms with Crippen LogP contribution in [0.15, 0.2) is 53.3 Å². The maximum absolute atomic E-state index is 12.3. The molecule has 3 heterocycles. The van der Waals surface area contributed by atoms with Gasteiger partial charge in [0.1, 0.15) is 5.76 Å². The second-order valence-corrected chi connectivity index (χ2v) is 6.81. The molecule has 0 aliphatic carbocycles. The molecule has 2 N–H and O–H groups in total. The van der Waals surface area contributed by atoms with Crippen LogP contribution >= 0.6 is 0 Å². The molecule has 1 amide bonds. The molecule has 1 aliphatic heterocycles. The SMILES string of the molecule is O=C(Cc1c[nH]c2ccccc12)NC[C@H]1CCN(Cc2ccco2)C1. The zero-order valence-corrected chi connectivity index (χ0v) is 14.2. The van der Waals surface area contributed by atoms with E-state index < -0.39 is 0 Å². The molecule has 25 heavy (non-hydrogen) atoms. The van der Waals surface area contributed by atoms with Crippen molar-refractivity contribution in [2.45, 2.75) is 19.4 Å². The lowest BCUT2D eigenvalue weighted by molar-refractivity contribution is -0.120. The third-order valence-corrected chi connectivity index (χ3v) is 4.94. The molecule has 0 spiro atoms. The maximum Gasteiger partial charge on any atom is 0.224 e. The van der Waals surface area contributed by atoms with Crippen LogP contribution in [0.4, 0.5) is 0 Å². The number of nitrogens with one attached hydrogen (secondary N) is 2. The van der Waals surface area contributed by atoms with Crippen molar-refractivity contribution in [3.8, 4) is 0 Å². The van der Waals surface area contributed by atoms with Crippen molar-refractivity contribution in [2.75, 3.05) is 19.6 Å². The van der Waals surface area contributed by atoms with E-state index in [4.69, 9.17) is 4.42 Å². The van der Waals surface area contributed by atoms with Crippen LogP contribution in [-0.2, 0) is 17.8 Å². The molecule has 0 bridgehead atoms. The number of para-hydroxylation sites is 1. The van der Waals surface area contributed by atoms with Gasteiger partial charge in [0.2, 0.25) is 5.91 Å². The number of hydrogen-bond acceptors (Lipinski definition) is 3. The molecule has 130 valence electrons. The molecule has 4 rings (SSSR count). The lowest BCUT2D eigenvalue weighted by Gasteiger charge is -2.15. The van der Waals surface area contributed by atoms with Crippen LogP contribution in [-0.4, -0.2) is 35.4 Å². The van der Waals surface area contributed by atoms with Gasteiger partial charge < -0.3 is 14.7 Å². The number of rotatable bonds is 6. The fourth-order valence-electron chi connectivity index (χ4n) is 3.62. The molecular weight excluding hydrogens is 314 g/mol. The lowest BCUT2D eigenvalue weighted by atomic mass is 10.1. The van der Waals surface area contributed by atoms with Gasteiger partial charge in [0.25, 0.3) is 0 Å². The average molecular weight is 337 g/mol. The van der Waals surface area contributed by atoms with Gasteiger partial charge in [-0.2, -0.15) is 0 Å². The largest absolute Gasteiger partial charge is 0.468 e. The highest BCUT2D eigenvalue weighted by Crippen LogP contribution is 2.19. The first kappa shape index (κ1) is 16.0. The zero-order chi connectivity index (χ0) is 17.1. The molecule has 0 radical (unpaired) electrons. The third kappa shape index (κ3) is 3.77. The Morgan fingerprint density at radius 2 is 2.20 bits per heavy atom. The number of furan rings is 1. The number of fused-ring (bicyclic) bond motifs is 1. The average Bonchev–Trinajstić information content (AvgIpc) is 3.36. The summed E-state index contributed by atoms with van der Waals surface area (Å²) in [5, 5.41) is 4.23. The smallest absolute Gasteiger partial charge is 0.224 e. The molecule has 2 aromatic heterocycles. The highest BCUT2D eigenvalue weighted by atomic mass is 16.3. The van der Waals surface area contributed by atoms with E-state index >= 15 is 0 Å². The van der Waals surface area contributed by atoms with Gasteiger partial charge in [-0.1, -0.05) is 18.2 Å². The first-order chi connectivity index (χ1) is 12.3. The molecule has 3 aromatic rings. The second-order valence-electron chi connectivity index (χ2n) is 6.81. The number of amides is 1. The van der Waals surface area contributed by atoms with Crippen LogP contribution in [0.25, 0.3) is 10.9 Å². The van der Waals surface area contributed by atoms with Gasteiger partial charge in [-0.3, -0.25) is 9.69 Å². The summed E-state index contributed by atoms with van der Waals surface area (Å²) in [6.07, 6.45) is 5.19. The quantitative estimate of drug-likeness (QED) is 0.727. The Kier molecular flexibility index (Phi) is 4.57. The van der Waals surface area contributed by atoms with Crippen molar-refractivity contribution in [1.82, 2.24) is 15.2 Å². The Bertz CT molecular complexity index is 838. The highest BCUT2D eigenvalue weighted by molar-refractivity contribution is 5.88. The summed E-state index contributed by atoms with van der Waals surface area (Å²) < 4.78 is 5.41. The molecule has 1 saturated heterocycles. The van der Waals surface area contributed by atoms with Gasteiger partial charge in [0.05, 0.1) is 19.2 Å². The Hall–Kier alpha value is -2.53. The summed E-state index contributed by atoms with van der Waals surface area (Å²) in [5.41, 5.74) is 2.13. The van der Waals surface area contributed by atoms with Crippen LogP contribution < -0.4 is 5.32 Å². The fraction of sp³-hybridized carbons (Fsp3) is 0.350. The van der Waals surface area contributed by atoms with E-state index in [1.54, 1.807) is 6.26 Å². The summed E-state index contributed by atoms with van der Waals surface area (Å²) in [6.45, 7) is 3.67. The van der Waals surface area contributed by atoms with Gasteiger partial charge in [-0.25, -0.2) is 0 Å². The molecule has 1 aromatic carbocycles. The maximum atomic E-state index is 12.3. The second kappa shape index (κ2) is 7.15. The van der Waals surface area contributed by atoms with Crippen LogP contribution in [0.2, 0.25) is 0 Å². The standard InChI is InChI=1S/C20H23N3O2/c24-20(10-16-12-21-19-6-2-1-5-18(16)19)22-11-15-7-8-23(13-15)14-17-4-3-9-25-17/h1-6,9,12,15,21H,7-8,10-11,13-14H2,(H,22,24)/t15-/m1/s1. The highest BCUT2D eigenvalue weighted by Gasteiger charge is 2.23. The van der Waals surface area contributed by atoms with E-state index in [1.165, 1.54) is 0 Å². The van der Waals surface area contributed by atoms with Crippen molar-refractivity contribution in [3.05, 3.63) is 60.2 Å². The Morgan fingerprint density at radius 3 is 3.08 bits per heavy atom. The van der Waals surface area contributed by atoms with E-state index in [2.05, 4.69) is 21.3 Å². The van der Waals surface area contributed by atoms with Crippen molar-refractivity contribution in [2.24, 2.45) is 5.92 Å². The number of aromatic nitrogens is 1. The first-order valence-corrected chi connectivity index (χ1v) is 8.84. The number of likely N-dealkylation sites (tertiary alicyclic amines) is 1. The Balaban J connectivity index is 1.25. The summed E-state index contributed by atoms with van der Waals surface area (Å²) in [6, 6.07) is 12.0. The van der Waals surface area contributed by atoms with E-state index in [-0.39, 0.29) is 5.91 Å². The minimum Gasteiger partial charge on any atom is -0.468 e. The summed E-state index contributed by atoms with van der Waals surface area (Å²) in [7, 11) is 0. The van der Waals surface area contributed by atoms with Crippen LogP contribution in [0.3, 0.4) is 0 Å². The first-order valence-electron chi connectivity index (χ1n) is 8.84. The normalized spacial score (nSPS) is 18.0. The predicted molar refractivity (Wildman–Crippen MR) is 97.1 cm³/mol. The monoisotopic (exact) mass is 337 g/mol.